The van der Waals surface area contributed by atoms with Crippen molar-refractivity contribution in [2.75, 3.05) is 0 Å². The number of hydrogen-bond acceptors (Lipinski definition) is 2. The van der Waals surface area contributed by atoms with Gasteiger partial charge in [0.2, 0.25) is 0 Å². The second-order valence-corrected chi connectivity index (χ2v) is 5.49. The van der Waals surface area contributed by atoms with E-state index in [0.717, 1.165) is 43.4 Å². The first-order chi connectivity index (χ1) is 9.20. The van der Waals surface area contributed by atoms with Crippen molar-refractivity contribution in [3.05, 3.63) is 29.8 Å². The van der Waals surface area contributed by atoms with Gasteiger partial charge in [0.15, 0.2) is 5.82 Å². The van der Waals surface area contributed by atoms with Crippen LogP contribution < -0.4 is 5.73 Å². The molecule has 4 heteroatoms. The maximum Gasteiger partial charge on any atom is 0.151 e. The van der Waals surface area contributed by atoms with Crippen LogP contribution in [-0.4, -0.2) is 15.6 Å². The van der Waals surface area contributed by atoms with Gasteiger partial charge in [-0.05, 0) is 31.4 Å². The summed E-state index contributed by atoms with van der Waals surface area (Å²) in [6.07, 6.45) is 5.12. The molecule has 0 bridgehead atoms. The van der Waals surface area contributed by atoms with Crippen LogP contribution in [0.2, 0.25) is 0 Å². The van der Waals surface area contributed by atoms with Crippen molar-refractivity contribution in [3.63, 3.8) is 0 Å². The molecule has 1 aliphatic rings. The van der Waals surface area contributed by atoms with E-state index in [1.54, 1.807) is 6.07 Å². The van der Waals surface area contributed by atoms with Crippen LogP contribution in [0.15, 0.2) is 18.2 Å². The van der Waals surface area contributed by atoms with E-state index >= 15 is 0 Å². The third-order valence-electron chi connectivity index (χ3n) is 3.76. The molecule has 2 N–H and O–H groups in total. The molecule has 1 aromatic heterocycles. The lowest BCUT2D eigenvalue weighted by molar-refractivity contribution is 0.563. The topological polar surface area (TPSA) is 43.8 Å². The summed E-state index contributed by atoms with van der Waals surface area (Å²) in [6.45, 7) is 2.13. The monoisotopic (exact) mass is 261 g/mol. The molecule has 0 saturated heterocycles. The summed E-state index contributed by atoms with van der Waals surface area (Å²) in [5.74, 6) is 0.714. The van der Waals surface area contributed by atoms with Crippen LogP contribution >= 0.6 is 0 Å². The molecule has 1 heterocycles. The number of fused-ring (bicyclic) bond motifs is 1. The van der Waals surface area contributed by atoms with Gasteiger partial charge in [-0.15, -0.1) is 0 Å². The smallest absolute Gasteiger partial charge is 0.151 e. The molecule has 0 aliphatic heterocycles. The molecule has 102 valence electrons. The van der Waals surface area contributed by atoms with E-state index < -0.39 is 0 Å². The van der Waals surface area contributed by atoms with Crippen LogP contribution in [0, 0.1) is 5.82 Å². The zero-order chi connectivity index (χ0) is 13.4. The molecule has 19 heavy (non-hydrogen) atoms. The van der Waals surface area contributed by atoms with E-state index in [2.05, 4.69) is 16.5 Å². The van der Waals surface area contributed by atoms with Gasteiger partial charge in [-0.25, -0.2) is 9.37 Å². The van der Waals surface area contributed by atoms with Crippen LogP contribution in [0.4, 0.5) is 4.39 Å². The Morgan fingerprint density at radius 2 is 2.26 bits per heavy atom. The molecule has 2 aromatic rings. The van der Waals surface area contributed by atoms with Crippen molar-refractivity contribution >= 4 is 11.0 Å². The minimum absolute atomic E-state index is 0.113. The Labute approximate surface area is 112 Å². The average molecular weight is 261 g/mol. The minimum atomic E-state index is -0.234. The van der Waals surface area contributed by atoms with E-state index in [0.29, 0.717) is 11.6 Å². The zero-order valence-corrected chi connectivity index (χ0v) is 11.3. The molecule has 1 fully saturated rings. The molecule has 3 rings (SSSR count). The summed E-state index contributed by atoms with van der Waals surface area (Å²) in [5.41, 5.74) is 7.53. The lowest BCUT2D eigenvalue weighted by Crippen LogP contribution is -2.24. The van der Waals surface area contributed by atoms with Gasteiger partial charge in [-0.3, -0.25) is 0 Å². The minimum Gasteiger partial charge on any atom is -0.327 e. The fraction of sp³-hybridized carbons (Fsp3) is 0.533. The zero-order valence-electron chi connectivity index (χ0n) is 11.3. The highest BCUT2D eigenvalue weighted by atomic mass is 19.1. The maximum absolute atomic E-state index is 13.8. The highest BCUT2D eigenvalue weighted by Gasteiger charge is 2.29. The van der Waals surface area contributed by atoms with Gasteiger partial charge >= 0.3 is 0 Å². The number of para-hydroxylation sites is 1. The van der Waals surface area contributed by atoms with Crippen molar-refractivity contribution in [2.45, 2.75) is 51.1 Å². The fourth-order valence-corrected chi connectivity index (χ4v) is 2.72. The molecule has 0 radical (unpaired) electrons. The van der Waals surface area contributed by atoms with Crippen molar-refractivity contribution < 1.29 is 4.39 Å². The number of nitrogens with two attached hydrogens (primary N) is 1. The SMILES string of the molecule is CCCC(N)Cc1nc2c(F)cccc2n1C1CC1. The second kappa shape index (κ2) is 4.93. The average Bonchev–Trinajstić information content (AvgIpc) is 3.13. The Kier molecular flexibility index (Phi) is 3.27. The molecule has 3 nitrogen and oxygen atoms in total. The summed E-state index contributed by atoms with van der Waals surface area (Å²) < 4.78 is 16.0. The van der Waals surface area contributed by atoms with Crippen LogP contribution in [0.25, 0.3) is 11.0 Å². The lowest BCUT2D eigenvalue weighted by atomic mass is 10.1. The molecule has 1 aliphatic carbocycles. The van der Waals surface area contributed by atoms with E-state index in [-0.39, 0.29) is 11.9 Å². The first-order valence-electron chi connectivity index (χ1n) is 7.11. The predicted octanol–water partition coefficient (Wildman–Crippen LogP) is 3.18. The van der Waals surface area contributed by atoms with Gasteiger partial charge in [0, 0.05) is 18.5 Å². The second-order valence-electron chi connectivity index (χ2n) is 5.49. The highest BCUT2D eigenvalue weighted by molar-refractivity contribution is 5.77. The molecule has 0 amide bonds. The Bertz CT molecular complexity index is 586. The van der Waals surface area contributed by atoms with Crippen molar-refractivity contribution in [3.8, 4) is 0 Å². The summed E-state index contributed by atoms with van der Waals surface area (Å²) in [6, 6.07) is 5.80. The summed E-state index contributed by atoms with van der Waals surface area (Å²) in [5, 5.41) is 0. The standard InChI is InChI=1S/C15H20FN3/c1-2-4-10(17)9-14-18-15-12(16)5-3-6-13(15)19(14)11-7-8-11/h3,5-6,10-11H,2,4,7-9,17H2,1H3. The number of halogens is 1. The van der Waals surface area contributed by atoms with E-state index in [9.17, 15) is 4.39 Å². The van der Waals surface area contributed by atoms with Crippen molar-refractivity contribution in [2.24, 2.45) is 5.73 Å². The van der Waals surface area contributed by atoms with Gasteiger partial charge in [0.25, 0.3) is 0 Å². The number of aromatic nitrogens is 2. The molecule has 1 saturated carbocycles. The van der Waals surface area contributed by atoms with Gasteiger partial charge < -0.3 is 10.3 Å². The van der Waals surface area contributed by atoms with E-state index in [1.807, 2.05) is 6.07 Å². The van der Waals surface area contributed by atoms with Crippen molar-refractivity contribution in [1.29, 1.82) is 0 Å². The van der Waals surface area contributed by atoms with Gasteiger partial charge in [-0.2, -0.15) is 0 Å². The molecule has 1 unspecified atom stereocenters. The predicted molar refractivity (Wildman–Crippen MR) is 74.5 cm³/mol. The van der Waals surface area contributed by atoms with Gasteiger partial charge in [0.05, 0.1) is 5.52 Å². The third kappa shape index (κ3) is 2.37. The third-order valence-corrected chi connectivity index (χ3v) is 3.76. The summed E-state index contributed by atoms with van der Waals surface area (Å²) >= 11 is 0. The molecule has 1 atom stereocenters. The van der Waals surface area contributed by atoms with Crippen LogP contribution in [0.5, 0.6) is 0 Å². The lowest BCUT2D eigenvalue weighted by Gasteiger charge is -2.12. The largest absolute Gasteiger partial charge is 0.327 e. The number of imidazole rings is 1. The first-order valence-corrected chi connectivity index (χ1v) is 7.11. The number of hydrogen-bond donors (Lipinski definition) is 1. The Morgan fingerprint density at radius 1 is 1.47 bits per heavy atom. The van der Waals surface area contributed by atoms with E-state index in [4.69, 9.17) is 5.73 Å². The quantitative estimate of drug-likeness (QED) is 0.898. The fourth-order valence-electron chi connectivity index (χ4n) is 2.72. The van der Waals surface area contributed by atoms with E-state index in [1.165, 1.54) is 6.07 Å². The van der Waals surface area contributed by atoms with Crippen LogP contribution in [0.3, 0.4) is 0 Å². The van der Waals surface area contributed by atoms with Crippen LogP contribution in [0.1, 0.15) is 44.5 Å². The Balaban J connectivity index is 2.02. The highest BCUT2D eigenvalue weighted by Crippen LogP contribution is 2.39. The van der Waals surface area contributed by atoms with Crippen LogP contribution in [-0.2, 0) is 6.42 Å². The van der Waals surface area contributed by atoms with Gasteiger partial charge in [0.1, 0.15) is 11.3 Å². The number of rotatable bonds is 5. The molecular weight excluding hydrogens is 241 g/mol. The number of nitrogens with zero attached hydrogens (tertiary/aromatic N) is 2. The number of benzene rings is 1. The Morgan fingerprint density at radius 3 is 2.95 bits per heavy atom. The summed E-state index contributed by atoms with van der Waals surface area (Å²) in [4.78, 5) is 4.50. The summed E-state index contributed by atoms with van der Waals surface area (Å²) in [7, 11) is 0. The van der Waals surface area contributed by atoms with Gasteiger partial charge in [-0.1, -0.05) is 19.4 Å². The molecule has 0 spiro atoms. The molecule has 1 aromatic carbocycles. The Hall–Kier alpha value is -1.42. The molecular formula is C15H20FN3. The first kappa shape index (κ1) is 12.6. The van der Waals surface area contributed by atoms with Crippen molar-refractivity contribution in [1.82, 2.24) is 9.55 Å². The normalized spacial score (nSPS) is 17.0. The maximum atomic E-state index is 13.8.